The van der Waals surface area contributed by atoms with Crippen molar-refractivity contribution < 1.29 is 24.2 Å². The van der Waals surface area contributed by atoms with Gasteiger partial charge in [-0.2, -0.15) is 0 Å². The molecule has 0 spiro atoms. The van der Waals surface area contributed by atoms with Gasteiger partial charge in [0.1, 0.15) is 11.9 Å². The quantitative estimate of drug-likeness (QED) is 0.796. The van der Waals surface area contributed by atoms with Crippen molar-refractivity contribution in [3.63, 3.8) is 0 Å². The lowest BCUT2D eigenvalue weighted by Gasteiger charge is -2.24. The SMILES string of the molecule is COC1=CC=C(CCN2CC(C(=O)O)CC2=O)CC1OC. The molecule has 0 aromatic carbocycles. The number of carboxylic acid groups (broad SMARTS) is 1. The molecule has 1 aliphatic carbocycles. The van der Waals surface area contributed by atoms with Crippen molar-refractivity contribution in [3.8, 4) is 0 Å². The van der Waals surface area contributed by atoms with Crippen molar-refractivity contribution in [3.05, 3.63) is 23.5 Å². The van der Waals surface area contributed by atoms with Crippen LogP contribution in [0.15, 0.2) is 23.5 Å². The topological polar surface area (TPSA) is 76.1 Å². The highest BCUT2D eigenvalue weighted by molar-refractivity contribution is 5.86. The van der Waals surface area contributed by atoms with Gasteiger partial charge in [-0.1, -0.05) is 11.6 Å². The number of hydrogen-bond acceptors (Lipinski definition) is 4. The van der Waals surface area contributed by atoms with Gasteiger partial charge in [-0.15, -0.1) is 0 Å². The Balaban J connectivity index is 1.89. The van der Waals surface area contributed by atoms with Crippen LogP contribution in [-0.2, 0) is 19.1 Å². The summed E-state index contributed by atoms with van der Waals surface area (Å²) < 4.78 is 10.6. The number of ether oxygens (including phenoxy) is 2. The van der Waals surface area contributed by atoms with Crippen LogP contribution in [0.25, 0.3) is 0 Å². The summed E-state index contributed by atoms with van der Waals surface area (Å²) >= 11 is 0. The van der Waals surface area contributed by atoms with Gasteiger partial charge >= 0.3 is 5.97 Å². The maximum atomic E-state index is 11.8. The molecule has 1 aliphatic heterocycles. The van der Waals surface area contributed by atoms with E-state index in [1.165, 1.54) is 5.57 Å². The van der Waals surface area contributed by atoms with E-state index in [9.17, 15) is 9.59 Å². The standard InChI is InChI=1S/C15H21NO5/c1-20-12-4-3-10(7-13(12)21-2)5-6-16-9-11(15(18)19)8-14(16)17/h3-4,11,13H,5-9H2,1-2H3,(H,18,19). The minimum Gasteiger partial charge on any atom is -0.498 e. The molecule has 2 aliphatic rings. The number of carbonyl (C=O) groups is 2. The highest BCUT2D eigenvalue weighted by atomic mass is 16.5. The molecular weight excluding hydrogens is 274 g/mol. The van der Waals surface area contributed by atoms with Gasteiger partial charge in [0.2, 0.25) is 5.91 Å². The van der Waals surface area contributed by atoms with Crippen LogP contribution in [0.5, 0.6) is 0 Å². The Bertz CT molecular complexity index is 482. The zero-order valence-corrected chi connectivity index (χ0v) is 12.4. The zero-order chi connectivity index (χ0) is 15.4. The van der Waals surface area contributed by atoms with E-state index in [4.69, 9.17) is 14.6 Å². The molecular formula is C15H21NO5. The maximum Gasteiger partial charge on any atom is 0.308 e. The summed E-state index contributed by atoms with van der Waals surface area (Å²) in [6.07, 6.45) is 5.37. The molecule has 1 N–H and O–H groups in total. The fourth-order valence-corrected chi connectivity index (χ4v) is 2.73. The highest BCUT2D eigenvalue weighted by Crippen LogP contribution is 2.25. The average molecular weight is 295 g/mol. The van der Waals surface area contributed by atoms with Crippen molar-refractivity contribution in [1.29, 1.82) is 0 Å². The van der Waals surface area contributed by atoms with Gasteiger partial charge in [-0.25, -0.2) is 0 Å². The summed E-state index contributed by atoms with van der Waals surface area (Å²) in [7, 11) is 3.26. The van der Waals surface area contributed by atoms with Crippen LogP contribution in [0.3, 0.4) is 0 Å². The Morgan fingerprint density at radius 2 is 2.14 bits per heavy atom. The second-order valence-corrected chi connectivity index (χ2v) is 5.36. The Hall–Kier alpha value is -1.82. The first-order valence-corrected chi connectivity index (χ1v) is 7.02. The van der Waals surface area contributed by atoms with Crippen LogP contribution >= 0.6 is 0 Å². The number of nitrogens with zero attached hydrogens (tertiary/aromatic N) is 1. The Kier molecular flexibility index (Phi) is 5.01. The number of rotatable bonds is 6. The molecule has 1 fully saturated rings. The Morgan fingerprint density at radius 3 is 2.71 bits per heavy atom. The van der Waals surface area contributed by atoms with Crippen molar-refractivity contribution >= 4 is 11.9 Å². The second kappa shape index (κ2) is 6.76. The molecule has 21 heavy (non-hydrogen) atoms. The first-order valence-electron chi connectivity index (χ1n) is 7.02. The predicted molar refractivity (Wildman–Crippen MR) is 75.5 cm³/mol. The lowest BCUT2D eigenvalue weighted by molar-refractivity contribution is -0.141. The number of methoxy groups -OCH3 is 2. The monoisotopic (exact) mass is 295 g/mol. The fourth-order valence-electron chi connectivity index (χ4n) is 2.73. The number of allylic oxidation sites excluding steroid dienone is 2. The van der Waals surface area contributed by atoms with Gasteiger partial charge in [0.25, 0.3) is 0 Å². The van der Waals surface area contributed by atoms with Crippen molar-refractivity contribution in [2.75, 3.05) is 27.3 Å². The van der Waals surface area contributed by atoms with Gasteiger partial charge in [-0.05, 0) is 12.5 Å². The van der Waals surface area contributed by atoms with Crippen LogP contribution in [0.1, 0.15) is 19.3 Å². The molecule has 0 aromatic heterocycles. The van der Waals surface area contributed by atoms with Gasteiger partial charge in [0.15, 0.2) is 0 Å². The second-order valence-electron chi connectivity index (χ2n) is 5.36. The van der Waals surface area contributed by atoms with E-state index in [-0.39, 0.29) is 18.4 Å². The molecule has 6 nitrogen and oxygen atoms in total. The first kappa shape index (κ1) is 15.6. The highest BCUT2D eigenvalue weighted by Gasteiger charge is 2.34. The number of hydrogen-bond donors (Lipinski definition) is 1. The van der Waals surface area contributed by atoms with E-state index in [1.807, 2.05) is 12.2 Å². The Morgan fingerprint density at radius 1 is 1.38 bits per heavy atom. The summed E-state index contributed by atoms with van der Waals surface area (Å²) in [5.41, 5.74) is 1.18. The fraction of sp³-hybridized carbons (Fsp3) is 0.600. The molecule has 0 bridgehead atoms. The van der Waals surface area contributed by atoms with Crippen LogP contribution in [0.4, 0.5) is 0 Å². The summed E-state index contributed by atoms with van der Waals surface area (Å²) in [5.74, 6) is -0.737. The van der Waals surface area contributed by atoms with Gasteiger partial charge in [-0.3, -0.25) is 9.59 Å². The molecule has 6 heteroatoms. The lowest BCUT2D eigenvalue weighted by atomic mass is 9.98. The van der Waals surface area contributed by atoms with Crippen LogP contribution in [0.2, 0.25) is 0 Å². The summed E-state index contributed by atoms with van der Waals surface area (Å²) in [6, 6.07) is 0. The first-order chi connectivity index (χ1) is 10.0. The van der Waals surface area contributed by atoms with Gasteiger partial charge in [0.05, 0.1) is 13.0 Å². The number of carbonyl (C=O) groups excluding carboxylic acids is 1. The van der Waals surface area contributed by atoms with E-state index >= 15 is 0 Å². The average Bonchev–Trinajstić information content (AvgIpc) is 2.86. The normalized spacial score (nSPS) is 25.6. The van der Waals surface area contributed by atoms with Crippen molar-refractivity contribution in [2.24, 2.45) is 5.92 Å². The molecule has 2 unspecified atom stereocenters. The summed E-state index contributed by atoms with van der Waals surface area (Å²) in [4.78, 5) is 24.3. The molecule has 2 rings (SSSR count). The van der Waals surface area contributed by atoms with E-state index in [0.717, 1.165) is 18.6 Å². The smallest absolute Gasteiger partial charge is 0.308 e. The zero-order valence-electron chi connectivity index (χ0n) is 12.4. The van der Waals surface area contributed by atoms with Gasteiger partial charge in [0, 0.05) is 33.0 Å². The van der Waals surface area contributed by atoms with Crippen LogP contribution in [-0.4, -0.2) is 55.3 Å². The molecule has 1 amide bonds. The molecule has 2 atom stereocenters. The lowest BCUT2D eigenvalue weighted by Crippen LogP contribution is -2.28. The van der Waals surface area contributed by atoms with E-state index in [1.54, 1.807) is 19.1 Å². The minimum atomic E-state index is -0.894. The number of carboxylic acids is 1. The molecule has 1 saturated heterocycles. The predicted octanol–water partition coefficient (Wildman–Crippen LogP) is 1.18. The minimum absolute atomic E-state index is 0.0739. The third kappa shape index (κ3) is 3.64. The third-order valence-corrected chi connectivity index (χ3v) is 4.04. The molecule has 0 saturated carbocycles. The number of likely N-dealkylation sites (tertiary alicyclic amines) is 1. The van der Waals surface area contributed by atoms with Crippen LogP contribution in [0, 0.1) is 5.92 Å². The van der Waals surface area contributed by atoms with Crippen LogP contribution < -0.4 is 0 Å². The van der Waals surface area contributed by atoms with E-state index < -0.39 is 11.9 Å². The molecule has 116 valence electrons. The number of aliphatic carboxylic acids is 1. The molecule has 1 heterocycles. The molecule has 0 aromatic rings. The molecule has 0 radical (unpaired) electrons. The van der Waals surface area contributed by atoms with Crippen molar-refractivity contribution in [2.45, 2.75) is 25.4 Å². The maximum absolute atomic E-state index is 11.8. The van der Waals surface area contributed by atoms with Gasteiger partial charge < -0.3 is 19.5 Å². The van der Waals surface area contributed by atoms with E-state index in [2.05, 4.69) is 0 Å². The van der Waals surface area contributed by atoms with E-state index in [0.29, 0.717) is 13.1 Å². The largest absolute Gasteiger partial charge is 0.498 e. The number of amides is 1. The Labute approximate surface area is 124 Å². The summed E-state index contributed by atoms with van der Waals surface area (Å²) in [5, 5.41) is 8.96. The third-order valence-electron chi connectivity index (χ3n) is 4.04. The summed E-state index contributed by atoms with van der Waals surface area (Å²) in [6.45, 7) is 0.870. The van der Waals surface area contributed by atoms with Crippen molar-refractivity contribution in [1.82, 2.24) is 4.90 Å².